The van der Waals surface area contributed by atoms with E-state index in [-0.39, 0.29) is 5.91 Å². The predicted octanol–water partition coefficient (Wildman–Crippen LogP) is 1.32. The van der Waals surface area contributed by atoms with Crippen LogP contribution in [0.25, 0.3) is 0 Å². The fraction of sp³-hybridized carbons (Fsp3) is 0.500. The van der Waals surface area contributed by atoms with Gasteiger partial charge in [0.15, 0.2) is 0 Å². The van der Waals surface area contributed by atoms with Gasteiger partial charge in [-0.15, -0.1) is 0 Å². The summed E-state index contributed by atoms with van der Waals surface area (Å²) in [4.78, 5) is 11.0. The van der Waals surface area contributed by atoms with Crippen LogP contribution in [0.2, 0.25) is 0 Å². The number of rotatable bonds is 6. The first-order valence-corrected chi connectivity index (χ1v) is 6.52. The van der Waals surface area contributed by atoms with E-state index in [1.807, 2.05) is 30.3 Å². The van der Waals surface area contributed by atoms with Crippen molar-refractivity contribution in [2.24, 2.45) is 0 Å². The Kier molecular flexibility index (Phi) is 5.02. The van der Waals surface area contributed by atoms with Gasteiger partial charge in [0.25, 0.3) is 0 Å². The van der Waals surface area contributed by atoms with Crippen LogP contribution in [0.1, 0.15) is 19.3 Å². The Bertz CT molecular complexity index is 357. The van der Waals surface area contributed by atoms with E-state index in [0.717, 1.165) is 38.3 Å². The van der Waals surface area contributed by atoms with Gasteiger partial charge in [0, 0.05) is 19.0 Å². The third-order valence-electron chi connectivity index (χ3n) is 3.03. The molecular weight excluding hydrogens is 228 g/mol. The molecule has 1 atom stereocenters. The van der Waals surface area contributed by atoms with Gasteiger partial charge in [-0.25, -0.2) is 0 Å². The van der Waals surface area contributed by atoms with E-state index in [0.29, 0.717) is 12.5 Å². The maximum Gasteiger partial charge on any atom is 0.220 e. The molecule has 0 saturated carbocycles. The second-order valence-electron chi connectivity index (χ2n) is 4.51. The summed E-state index contributed by atoms with van der Waals surface area (Å²) in [7, 11) is 0. The Labute approximate surface area is 108 Å². The average Bonchev–Trinajstić information content (AvgIpc) is 2.42. The summed E-state index contributed by atoms with van der Waals surface area (Å²) in [5, 5.41) is 6.30. The maximum absolute atomic E-state index is 11.0. The summed E-state index contributed by atoms with van der Waals surface area (Å²) in [6.07, 6.45) is 2.54. The van der Waals surface area contributed by atoms with Crippen LogP contribution in [0.3, 0.4) is 0 Å². The molecule has 0 spiro atoms. The summed E-state index contributed by atoms with van der Waals surface area (Å²) in [6, 6.07) is 10.3. The van der Waals surface area contributed by atoms with Gasteiger partial charge < -0.3 is 15.4 Å². The second kappa shape index (κ2) is 7.01. The largest absolute Gasteiger partial charge is 0.494 e. The zero-order valence-electron chi connectivity index (χ0n) is 10.5. The van der Waals surface area contributed by atoms with Crippen LogP contribution < -0.4 is 15.4 Å². The first-order chi connectivity index (χ1) is 8.84. The molecule has 1 aromatic rings. The smallest absolute Gasteiger partial charge is 0.220 e. The van der Waals surface area contributed by atoms with E-state index in [1.54, 1.807) is 0 Å². The van der Waals surface area contributed by atoms with Gasteiger partial charge in [0.05, 0.1) is 6.61 Å². The van der Waals surface area contributed by atoms with Crippen LogP contribution in [0.15, 0.2) is 30.3 Å². The van der Waals surface area contributed by atoms with Crippen LogP contribution in [-0.2, 0) is 4.79 Å². The number of amides is 1. The van der Waals surface area contributed by atoms with E-state index in [2.05, 4.69) is 10.6 Å². The normalized spacial score (nSPS) is 19.3. The molecule has 1 aliphatic rings. The number of carbonyl (C=O) groups excluding carboxylic acids is 1. The van der Waals surface area contributed by atoms with Crippen molar-refractivity contribution in [2.45, 2.75) is 25.3 Å². The molecule has 2 rings (SSSR count). The van der Waals surface area contributed by atoms with E-state index in [4.69, 9.17) is 4.74 Å². The quantitative estimate of drug-likeness (QED) is 0.747. The number of para-hydroxylation sites is 1. The van der Waals surface area contributed by atoms with Gasteiger partial charge in [-0.2, -0.15) is 0 Å². The van der Waals surface area contributed by atoms with E-state index >= 15 is 0 Å². The van der Waals surface area contributed by atoms with Gasteiger partial charge in [-0.3, -0.25) is 4.79 Å². The lowest BCUT2D eigenvalue weighted by atomic mass is 10.1. The Morgan fingerprint density at radius 2 is 2.17 bits per heavy atom. The van der Waals surface area contributed by atoms with Crippen molar-refractivity contribution in [1.82, 2.24) is 10.6 Å². The molecule has 0 radical (unpaired) electrons. The molecule has 1 aromatic carbocycles. The highest BCUT2D eigenvalue weighted by Crippen LogP contribution is 2.08. The fourth-order valence-electron chi connectivity index (χ4n) is 1.99. The first-order valence-electron chi connectivity index (χ1n) is 6.52. The van der Waals surface area contributed by atoms with Gasteiger partial charge in [0.2, 0.25) is 5.91 Å². The molecule has 0 aromatic heterocycles. The van der Waals surface area contributed by atoms with Crippen LogP contribution in [0, 0.1) is 0 Å². The number of nitrogens with one attached hydrogen (secondary N) is 2. The van der Waals surface area contributed by atoms with E-state index in [9.17, 15) is 4.79 Å². The van der Waals surface area contributed by atoms with Crippen molar-refractivity contribution >= 4 is 5.91 Å². The molecule has 0 aliphatic carbocycles. The van der Waals surface area contributed by atoms with Gasteiger partial charge in [0.1, 0.15) is 5.75 Å². The first kappa shape index (κ1) is 12.9. The summed E-state index contributed by atoms with van der Waals surface area (Å²) >= 11 is 0. The molecule has 1 heterocycles. The van der Waals surface area contributed by atoms with Crippen LogP contribution in [-0.4, -0.2) is 31.6 Å². The van der Waals surface area contributed by atoms with Crippen LogP contribution in [0.4, 0.5) is 0 Å². The van der Waals surface area contributed by atoms with Crippen molar-refractivity contribution in [3.05, 3.63) is 30.3 Å². The number of benzene rings is 1. The van der Waals surface area contributed by atoms with E-state index in [1.165, 1.54) is 0 Å². The molecule has 4 heteroatoms. The summed E-state index contributed by atoms with van der Waals surface area (Å²) in [5.74, 6) is 1.09. The standard InChI is InChI=1S/C14H20N2O2/c17-14-8-7-12(11-16-14)15-9-4-10-18-13-5-2-1-3-6-13/h1-3,5-6,12,15H,4,7-11H2,(H,16,17). The molecule has 2 N–H and O–H groups in total. The fourth-order valence-corrected chi connectivity index (χ4v) is 1.99. The Hall–Kier alpha value is -1.55. The zero-order chi connectivity index (χ0) is 12.6. The number of hydrogen-bond donors (Lipinski definition) is 2. The molecule has 0 bridgehead atoms. The summed E-state index contributed by atoms with van der Waals surface area (Å²) < 4.78 is 5.60. The van der Waals surface area contributed by atoms with Crippen molar-refractivity contribution in [3.63, 3.8) is 0 Å². The van der Waals surface area contributed by atoms with Gasteiger partial charge >= 0.3 is 0 Å². The molecular formula is C14H20N2O2. The van der Waals surface area contributed by atoms with Crippen molar-refractivity contribution in [1.29, 1.82) is 0 Å². The van der Waals surface area contributed by atoms with Crippen molar-refractivity contribution in [3.8, 4) is 5.75 Å². The minimum Gasteiger partial charge on any atom is -0.494 e. The maximum atomic E-state index is 11.0. The number of ether oxygens (including phenoxy) is 1. The Morgan fingerprint density at radius 1 is 1.33 bits per heavy atom. The molecule has 98 valence electrons. The Balaban J connectivity index is 1.52. The minimum absolute atomic E-state index is 0.167. The highest BCUT2D eigenvalue weighted by molar-refractivity contribution is 5.76. The molecule has 1 saturated heterocycles. The highest BCUT2D eigenvalue weighted by Gasteiger charge is 2.16. The lowest BCUT2D eigenvalue weighted by molar-refractivity contribution is -0.122. The van der Waals surface area contributed by atoms with Crippen molar-refractivity contribution < 1.29 is 9.53 Å². The SMILES string of the molecule is O=C1CCC(NCCCOc2ccccc2)CN1. The average molecular weight is 248 g/mol. The highest BCUT2D eigenvalue weighted by atomic mass is 16.5. The topological polar surface area (TPSA) is 50.4 Å². The predicted molar refractivity (Wildman–Crippen MR) is 70.6 cm³/mol. The number of carbonyl (C=O) groups is 1. The third kappa shape index (κ3) is 4.37. The molecule has 1 amide bonds. The minimum atomic E-state index is 0.167. The second-order valence-corrected chi connectivity index (χ2v) is 4.51. The lowest BCUT2D eigenvalue weighted by Crippen LogP contribution is -2.46. The molecule has 4 nitrogen and oxygen atoms in total. The van der Waals surface area contributed by atoms with Crippen molar-refractivity contribution in [2.75, 3.05) is 19.7 Å². The lowest BCUT2D eigenvalue weighted by Gasteiger charge is -2.23. The van der Waals surface area contributed by atoms with Gasteiger partial charge in [-0.05, 0) is 31.5 Å². The van der Waals surface area contributed by atoms with Gasteiger partial charge in [-0.1, -0.05) is 18.2 Å². The van der Waals surface area contributed by atoms with E-state index < -0.39 is 0 Å². The van der Waals surface area contributed by atoms with Crippen LogP contribution in [0.5, 0.6) is 5.75 Å². The third-order valence-corrected chi connectivity index (χ3v) is 3.03. The van der Waals surface area contributed by atoms with Crippen LogP contribution >= 0.6 is 0 Å². The monoisotopic (exact) mass is 248 g/mol. The summed E-state index contributed by atoms with van der Waals surface area (Å²) in [5.41, 5.74) is 0. The zero-order valence-corrected chi connectivity index (χ0v) is 10.5. The molecule has 1 fully saturated rings. The molecule has 18 heavy (non-hydrogen) atoms. The summed E-state index contributed by atoms with van der Waals surface area (Å²) in [6.45, 7) is 2.39. The molecule has 1 aliphatic heterocycles. The Morgan fingerprint density at radius 3 is 2.89 bits per heavy atom. The number of hydrogen-bond acceptors (Lipinski definition) is 3. The molecule has 1 unspecified atom stereocenters. The number of piperidine rings is 1.